The van der Waals surface area contributed by atoms with E-state index in [1.54, 1.807) is 20.3 Å². The smallest absolute Gasteiger partial charge is 0.258 e. The van der Waals surface area contributed by atoms with Crippen LogP contribution in [0.2, 0.25) is 0 Å². The third-order valence-electron chi connectivity index (χ3n) is 3.95. The lowest BCUT2D eigenvalue weighted by molar-refractivity contribution is -0.123. The van der Waals surface area contributed by atoms with Crippen molar-refractivity contribution in [1.29, 1.82) is 0 Å². The molecule has 0 spiro atoms. The van der Waals surface area contributed by atoms with Crippen LogP contribution in [-0.4, -0.2) is 26.7 Å². The molecule has 1 atom stereocenters. The lowest BCUT2D eigenvalue weighted by atomic mass is 10.1. The van der Waals surface area contributed by atoms with Crippen LogP contribution in [0.3, 0.4) is 0 Å². The minimum atomic E-state index is -0.222. The summed E-state index contributed by atoms with van der Waals surface area (Å²) in [6.07, 6.45) is 2.57. The van der Waals surface area contributed by atoms with Gasteiger partial charge in [-0.2, -0.15) is 0 Å². The molecule has 138 valence electrons. The fraction of sp³-hybridized carbons (Fsp3) is 0.286. The Bertz CT molecular complexity index is 757. The molecule has 1 amide bonds. The van der Waals surface area contributed by atoms with Crippen molar-refractivity contribution in [1.82, 2.24) is 5.32 Å². The van der Waals surface area contributed by atoms with Gasteiger partial charge in [-0.3, -0.25) is 4.79 Å². The van der Waals surface area contributed by atoms with E-state index in [0.29, 0.717) is 11.5 Å². The number of carbonyl (C=O) groups is 1. The predicted octanol–water partition coefficient (Wildman–Crippen LogP) is 3.69. The van der Waals surface area contributed by atoms with Crippen molar-refractivity contribution < 1.29 is 19.0 Å². The number of methoxy groups -OCH3 is 2. The van der Waals surface area contributed by atoms with Crippen LogP contribution in [0.4, 0.5) is 0 Å². The van der Waals surface area contributed by atoms with Crippen LogP contribution in [0.1, 0.15) is 24.1 Å². The molecule has 1 unspecified atom stereocenters. The van der Waals surface area contributed by atoms with Crippen LogP contribution in [0.25, 0.3) is 0 Å². The van der Waals surface area contributed by atoms with Gasteiger partial charge in [-0.05, 0) is 37.1 Å². The van der Waals surface area contributed by atoms with E-state index >= 15 is 0 Å². The van der Waals surface area contributed by atoms with E-state index < -0.39 is 0 Å². The molecule has 1 N–H and O–H groups in total. The average molecular weight is 355 g/mol. The number of benzene rings is 2. The highest BCUT2D eigenvalue weighted by molar-refractivity contribution is 5.78. The minimum absolute atomic E-state index is 0.101. The maximum atomic E-state index is 12.2. The number of nitrogens with one attached hydrogen (secondary N) is 1. The lowest BCUT2D eigenvalue weighted by Gasteiger charge is -2.18. The van der Waals surface area contributed by atoms with Gasteiger partial charge in [0.15, 0.2) is 18.1 Å². The number of ether oxygens (including phenoxy) is 3. The van der Waals surface area contributed by atoms with E-state index in [1.165, 1.54) is 0 Å². The quantitative estimate of drug-likeness (QED) is 0.697. The number of hydrogen-bond donors (Lipinski definition) is 1. The predicted molar refractivity (Wildman–Crippen MR) is 102 cm³/mol. The molecular formula is C21H25NO4. The van der Waals surface area contributed by atoms with Gasteiger partial charge in [-0.25, -0.2) is 0 Å². The average Bonchev–Trinajstić information content (AvgIpc) is 2.66. The van der Waals surface area contributed by atoms with Crippen molar-refractivity contribution in [2.45, 2.75) is 19.4 Å². The summed E-state index contributed by atoms with van der Waals surface area (Å²) < 4.78 is 16.3. The summed E-state index contributed by atoms with van der Waals surface area (Å²) in [5.74, 6) is 1.64. The highest BCUT2D eigenvalue weighted by Gasteiger charge is 2.15. The Morgan fingerprint density at radius 1 is 1.12 bits per heavy atom. The number of amides is 1. The van der Waals surface area contributed by atoms with Gasteiger partial charge in [0, 0.05) is 5.56 Å². The SMILES string of the molecule is C=CCc1ccc(OCC(=O)NC(C)c2ccccc2OC)c(OC)c1. The largest absolute Gasteiger partial charge is 0.496 e. The third kappa shape index (κ3) is 5.02. The van der Waals surface area contributed by atoms with E-state index in [2.05, 4.69) is 11.9 Å². The van der Waals surface area contributed by atoms with E-state index in [0.717, 1.165) is 23.3 Å². The summed E-state index contributed by atoms with van der Waals surface area (Å²) in [5, 5.41) is 2.91. The molecule has 26 heavy (non-hydrogen) atoms. The molecule has 2 aromatic rings. The maximum Gasteiger partial charge on any atom is 0.258 e. The van der Waals surface area contributed by atoms with Crippen molar-refractivity contribution in [3.8, 4) is 17.2 Å². The summed E-state index contributed by atoms with van der Waals surface area (Å²) in [6, 6.07) is 13.0. The van der Waals surface area contributed by atoms with Crippen molar-refractivity contribution in [2.75, 3.05) is 20.8 Å². The third-order valence-corrected chi connectivity index (χ3v) is 3.95. The highest BCUT2D eigenvalue weighted by Crippen LogP contribution is 2.28. The Morgan fingerprint density at radius 3 is 2.54 bits per heavy atom. The monoisotopic (exact) mass is 355 g/mol. The van der Waals surface area contributed by atoms with Crippen LogP contribution in [-0.2, 0) is 11.2 Å². The molecule has 2 aromatic carbocycles. The van der Waals surface area contributed by atoms with Gasteiger partial charge in [0.1, 0.15) is 5.75 Å². The molecule has 0 aliphatic rings. The summed E-state index contributed by atoms with van der Waals surface area (Å²) in [4.78, 5) is 12.2. The molecule has 0 heterocycles. The molecule has 5 heteroatoms. The first-order valence-electron chi connectivity index (χ1n) is 8.42. The summed E-state index contributed by atoms with van der Waals surface area (Å²) in [6.45, 7) is 5.53. The molecule has 0 radical (unpaired) electrons. The van der Waals surface area contributed by atoms with Gasteiger partial charge in [0.05, 0.1) is 20.3 Å². The van der Waals surface area contributed by atoms with Gasteiger partial charge in [-0.1, -0.05) is 30.3 Å². The van der Waals surface area contributed by atoms with E-state index in [4.69, 9.17) is 14.2 Å². The van der Waals surface area contributed by atoms with Gasteiger partial charge >= 0.3 is 0 Å². The molecule has 0 aliphatic carbocycles. The van der Waals surface area contributed by atoms with Crippen LogP contribution >= 0.6 is 0 Å². The second-order valence-corrected chi connectivity index (χ2v) is 5.80. The molecule has 0 fully saturated rings. The zero-order valence-corrected chi connectivity index (χ0v) is 15.5. The number of rotatable bonds is 9. The molecule has 0 saturated heterocycles. The first-order chi connectivity index (χ1) is 12.6. The molecule has 0 aromatic heterocycles. The van der Waals surface area contributed by atoms with Crippen molar-refractivity contribution >= 4 is 5.91 Å². The number of carbonyl (C=O) groups excluding carboxylic acids is 1. The Kier molecular flexibility index (Phi) is 7.09. The standard InChI is InChI=1S/C21H25NO4/c1-5-8-16-11-12-19(20(13-16)25-4)26-14-21(23)22-15(2)17-9-6-7-10-18(17)24-3/h5-7,9-13,15H,1,8,14H2,2-4H3,(H,22,23). The van der Waals surface area contributed by atoms with Gasteiger partial charge in [-0.15, -0.1) is 6.58 Å². The minimum Gasteiger partial charge on any atom is -0.496 e. The zero-order valence-electron chi connectivity index (χ0n) is 15.5. The van der Waals surface area contributed by atoms with Crippen molar-refractivity contribution in [2.24, 2.45) is 0 Å². The lowest BCUT2D eigenvalue weighted by Crippen LogP contribution is -2.31. The fourth-order valence-electron chi connectivity index (χ4n) is 2.65. The van der Waals surface area contributed by atoms with Gasteiger partial charge < -0.3 is 19.5 Å². The fourth-order valence-corrected chi connectivity index (χ4v) is 2.65. The second-order valence-electron chi connectivity index (χ2n) is 5.80. The first kappa shape index (κ1) is 19.4. The molecule has 0 aliphatic heterocycles. The number of hydrogen-bond acceptors (Lipinski definition) is 4. The Morgan fingerprint density at radius 2 is 1.85 bits per heavy atom. The molecule has 5 nitrogen and oxygen atoms in total. The Balaban J connectivity index is 1.97. The van der Waals surface area contributed by atoms with Crippen molar-refractivity contribution in [3.63, 3.8) is 0 Å². The summed E-state index contributed by atoms with van der Waals surface area (Å²) >= 11 is 0. The maximum absolute atomic E-state index is 12.2. The molecule has 0 saturated carbocycles. The van der Waals surface area contributed by atoms with Crippen LogP contribution in [0, 0.1) is 0 Å². The first-order valence-corrected chi connectivity index (χ1v) is 8.42. The normalized spacial score (nSPS) is 11.3. The van der Waals surface area contributed by atoms with Crippen LogP contribution in [0.15, 0.2) is 55.1 Å². The van der Waals surface area contributed by atoms with E-state index in [-0.39, 0.29) is 18.6 Å². The molecular weight excluding hydrogens is 330 g/mol. The van der Waals surface area contributed by atoms with Crippen LogP contribution < -0.4 is 19.5 Å². The van der Waals surface area contributed by atoms with Crippen LogP contribution in [0.5, 0.6) is 17.2 Å². The zero-order chi connectivity index (χ0) is 18.9. The van der Waals surface area contributed by atoms with Gasteiger partial charge in [0.25, 0.3) is 5.91 Å². The number of allylic oxidation sites excluding steroid dienone is 1. The number of para-hydroxylation sites is 1. The van der Waals surface area contributed by atoms with E-state index in [1.807, 2.05) is 49.4 Å². The Hall–Kier alpha value is -2.95. The second kappa shape index (κ2) is 9.51. The van der Waals surface area contributed by atoms with Crippen molar-refractivity contribution in [3.05, 3.63) is 66.2 Å². The molecule has 0 bridgehead atoms. The van der Waals surface area contributed by atoms with E-state index in [9.17, 15) is 4.79 Å². The highest BCUT2D eigenvalue weighted by atomic mass is 16.5. The topological polar surface area (TPSA) is 56.8 Å². The van der Waals surface area contributed by atoms with Gasteiger partial charge in [0.2, 0.25) is 0 Å². The summed E-state index contributed by atoms with van der Waals surface area (Å²) in [7, 11) is 3.18. The summed E-state index contributed by atoms with van der Waals surface area (Å²) in [5.41, 5.74) is 1.98. The molecule has 2 rings (SSSR count). The Labute approximate surface area is 154 Å².